The minimum atomic E-state index is -3.36. The molecule has 2 aromatic rings. The number of halogens is 1. The summed E-state index contributed by atoms with van der Waals surface area (Å²) in [6.07, 6.45) is 2.47. The molecule has 0 saturated heterocycles. The Hall–Kier alpha value is -1.20. The number of nitrogens with zero attached hydrogens (tertiary/aromatic N) is 1. The van der Waals surface area contributed by atoms with Crippen LogP contribution in [0.1, 0.15) is 0 Å². The van der Waals surface area contributed by atoms with Crippen LogP contribution in [0.5, 0.6) is 5.75 Å². The molecule has 0 amide bonds. The number of aromatic nitrogens is 1. The molecular weight excluding hydrogens is 250 g/mol. The summed E-state index contributed by atoms with van der Waals surface area (Å²) in [4.78, 5) is 0. The summed E-state index contributed by atoms with van der Waals surface area (Å²) < 4.78 is 29.1. The Morgan fingerprint density at radius 2 is 2.12 bits per heavy atom. The van der Waals surface area contributed by atoms with Crippen molar-refractivity contribution < 1.29 is 13.2 Å². The van der Waals surface area contributed by atoms with Crippen molar-refractivity contribution in [3.05, 3.63) is 29.4 Å². The third-order valence-electron chi connectivity index (χ3n) is 2.20. The number of methoxy groups -OCH3 is 1. The van der Waals surface area contributed by atoms with Crippen molar-refractivity contribution in [2.45, 2.75) is 0 Å². The normalized spacial score (nSPS) is 11.9. The van der Waals surface area contributed by atoms with Gasteiger partial charge in [0.25, 0.3) is 0 Å². The number of ether oxygens (including phenoxy) is 1. The zero-order valence-electron chi connectivity index (χ0n) is 8.69. The predicted octanol–water partition coefficient (Wildman–Crippen LogP) is 1.91. The van der Waals surface area contributed by atoms with Crippen LogP contribution in [0.4, 0.5) is 0 Å². The molecule has 1 heterocycles. The van der Waals surface area contributed by atoms with E-state index in [4.69, 9.17) is 16.3 Å². The van der Waals surface area contributed by atoms with Crippen molar-refractivity contribution in [3.63, 3.8) is 0 Å². The van der Waals surface area contributed by atoms with Gasteiger partial charge in [-0.25, -0.2) is 12.4 Å². The van der Waals surface area contributed by atoms with E-state index in [1.807, 2.05) is 0 Å². The molecule has 1 aromatic heterocycles. The van der Waals surface area contributed by atoms with Crippen LogP contribution in [0.25, 0.3) is 10.9 Å². The number of hydrogen-bond donors (Lipinski definition) is 0. The summed E-state index contributed by atoms with van der Waals surface area (Å²) in [5.41, 5.74) is 0.465. The van der Waals surface area contributed by atoms with Crippen LogP contribution in [0.2, 0.25) is 5.02 Å². The molecule has 2 rings (SSSR count). The predicted molar refractivity (Wildman–Crippen MR) is 62.6 cm³/mol. The summed E-state index contributed by atoms with van der Waals surface area (Å²) in [6, 6.07) is 6.04. The molecule has 0 atom stereocenters. The molecule has 0 aliphatic carbocycles. The maximum atomic E-state index is 11.5. The summed E-state index contributed by atoms with van der Waals surface area (Å²) in [7, 11) is -1.86. The second kappa shape index (κ2) is 3.68. The fourth-order valence-electron chi connectivity index (χ4n) is 1.47. The zero-order valence-corrected chi connectivity index (χ0v) is 10.3. The summed E-state index contributed by atoms with van der Waals surface area (Å²) in [6.45, 7) is 0. The van der Waals surface area contributed by atoms with Gasteiger partial charge in [-0.2, -0.15) is 0 Å². The maximum absolute atomic E-state index is 11.5. The van der Waals surface area contributed by atoms with E-state index in [0.717, 1.165) is 10.2 Å². The van der Waals surface area contributed by atoms with Crippen LogP contribution < -0.4 is 4.74 Å². The summed E-state index contributed by atoms with van der Waals surface area (Å²) >= 11 is 5.98. The van der Waals surface area contributed by atoms with Crippen molar-refractivity contribution in [2.24, 2.45) is 0 Å². The van der Waals surface area contributed by atoms with Crippen molar-refractivity contribution in [3.8, 4) is 5.75 Å². The highest BCUT2D eigenvalue weighted by Crippen LogP contribution is 2.30. The van der Waals surface area contributed by atoms with Gasteiger partial charge in [-0.15, -0.1) is 0 Å². The molecule has 6 heteroatoms. The lowest BCUT2D eigenvalue weighted by atomic mass is 10.2. The van der Waals surface area contributed by atoms with E-state index >= 15 is 0 Å². The molecule has 16 heavy (non-hydrogen) atoms. The van der Waals surface area contributed by atoms with Crippen LogP contribution in [0.15, 0.2) is 18.3 Å². The minimum absolute atomic E-state index is 0.414. The van der Waals surface area contributed by atoms with Crippen LogP contribution in [-0.2, 0) is 10.0 Å². The Morgan fingerprint density at radius 3 is 2.69 bits per heavy atom. The molecule has 0 N–H and O–H groups in total. The van der Waals surface area contributed by atoms with Gasteiger partial charge in [0, 0.05) is 23.7 Å². The smallest absolute Gasteiger partial charge is 0.236 e. The van der Waals surface area contributed by atoms with Crippen molar-refractivity contribution in [2.75, 3.05) is 13.4 Å². The first-order chi connectivity index (χ1) is 7.43. The van der Waals surface area contributed by atoms with Crippen LogP contribution in [-0.4, -0.2) is 25.8 Å². The average molecular weight is 259 g/mol. The molecule has 0 bridgehead atoms. The number of hydrogen-bond acceptors (Lipinski definition) is 3. The molecule has 4 nitrogen and oxygen atoms in total. The van der Waals surface area contributed by atoms with Crippen molar-refractivity contribution in [1.29, 1.82) is 0 Å². The van der Waals surface area contributed by atoms with E-state index in [1.54, 1.807) is 12.1 Å². The fourth-order valence-corrected chi connectivity index (χ4v) is 2.47. The van der Waals surface area contributed by atoms with Crippen molar-refractivity contribution in [1.82, 2.24) is 3.97 Å². The molecule has 1 aromatic carbocycles. The van der Waals surface area contributed by atoms with E-state index in [-0.39, 0.29) is 0 Å². The first-order valence-electron chi connectivity index (χ1n) is 4.40. The highest BCUT2D eigenvalue weighted by Gasteiger charge is 2.13. The molecular formula is C10H9ClNO3S. The number of rotatable bonds is 2. The second-order valence-electron chi connectivity index (χ2n) is 3.34. The Bertz CT molecular complexity index is 645. The lowest BCUT2D eigenvalue weighted by Crippen LogP contribution is -2.08. The van der Waals surface area contributed by atoms with Gasteiger partial charge in [0.15, 0.2) is 0 Å². The lowest BCUT2D eigenvalue weighted by molar-refractivity contribution is 0.415. The number of fused-ring (bicyclic) bond motifs is 1. The quantitative estimate of drug-likeness (QED) is 0.827. The average Bonchev–Trinajstić information content (AvgIpc) is 2.60. The SMILES string of the molecule is COc1cc(Cl)c2[c]cn(S(C)(=O)=O)c2c1. The summed E-state index contributed by atoms with van der Waals surface area (Å²) in [5, 5.41) is 0.977. The molecule has 0 fully saturated rings. The molecule has 0 saturated carbocycles. The van der Waals surface area contributed by atoms with Gasteiger partial charge in [-0.3, -0.25) is 0 Å². The van der Waals surface area contributed by atoms with E-state index in [0.29, 0.717) is 21.7 Å². The summed E-state index contributed by atoms with van der Waals surface area (Å²) in [5.74, 6) is 0.509. The Balaban J connectivity index is 2.86. The van der Waals surface area contributed by atoms with Crippen molar-refractivity contribution >= 4 is 32.5 Å². The standard InChI is InChI=1S/C10H9ClNO3S/c1-15-7-5-9(11)8-3-4-12(10(8)6-7)16(2,13)14/h4-6H,1-2H3. The maximum Gasteiger partial charge on any atom is 0.236 e. The van der Waals surface area contributed by atoms with Gasteiger partial charge in [0.05, 0.1) is 23.9 Å². The van der Waals surface area contributed by atoms with Crippen LogP contribution >= 0.6 is 11.6 Å². The van der Waals surface area contributed by atoms with Crippen LogP contribution in [0, 0.1) is 6.07 Å². The van der Waals surface area contributed by atoms with Gasteiger partial charge in [0.1, 0.15) is 5.75 Å². The molecule has 0 unspecified atom stereocenters. The molecule has 0 spiro atoms. The molecule has 0 aliphatic heterocycles. The Kier molecular flexibility index (Phi) is 2.59. The van der Waals surface area contributed by atoms with Gasteiger partial charge in [-0.05, 0) is 6.07 Å². The van der Waals surface area contributed by atoms with E-state index in [2.05, 4.69) is 6.07 Å². The molecule has 1 radical (unpaired) electrons. The minimum Gasteiger partial charge on any atom is -0.497 e. The monoisotopic (exact) mass is 258 g/mol. The third-order valence-corrected chi connectivity index (χ3v) is 3.51. The Morgan fingerprint density at radius 1 is 1.44 bits per heavy atom. The highest BCUT2D eigenvalue weighted by atomic mass is 35.5. The lowest BCUT2D eigenvalue weighted by Gasteiger charge is -2.05. The third kappa shape index (κ3) is 1.76. The molecule has 85 valence electrons. The number of benzene rings is 1. The first-order valence-corrected chi connectivity index (χ1v) is 6.63. The van der Waals surface area contributed by atoms with Gasteiger partial charge >= 0.3 is 0 Å². The highest BCUT2D eigenvalue weighted by molar-refractivity contribution is 7.89. The van der Waals surface area contributed by atoms with Gasteiger partial charge < -0.3 is 4.74 Å². The topological polar surface area (TPSA) is 48.3 Å². The Labute approximate surface area is 98.4 Å². The van der Waals surface area contributed by atoms with Gasteiger partial charge in [0.2, 0.25) is 10.0 Å². The first kappa shape index (κ1) is 11.3. The van der Waals surface area contributed by atoms with E-state index in [1.165, 1.54) is 13.3 Å². The molecule has 0 aliphatic rings. The van der Waals surface area contributed by atoms with Gasteiger partial charge in [-0.1, -0.05) is 11.6 Å². The fraction of sp³-hybridized carbons (Fsp3) is 0.200. The van der Waals surface area contributed by atoms with E-state index in [9.17, 15) is 8.42 Å². The zero-order chi connectivity index (χ0) is 11.9. The van der Waals surface area contributed by atoms with E-state index < -0.39 is 10.0 Å². The second-order valence-corrected chi connectivity index (χ2v) is 5.60. The van der Waals surface area contributed by atoms with Crippen LogP contribution in [0.3, 0.4) is 0 Å². The largest absolute Gasteiger partial charge is 0.497 e.